The number of nitrogens with one attached hydrogen (secondary N) is 1. The predicted molar refractivity (Wildman–Crippen MR) is 58.0 cm³/mol. The van der Waals surface area contributed by atoms with Crippen molar-refractivity contribution < 1.29 is 0 Å². The van der Waals surface area contributed by atoms with Crippen LogP contribution in [0.15, 0.2) is 29.9 Å². The lowest BCUT2D eigenvalue weighted by Gasteiger charge is -2.22. The molecule has 0 saturated carbocycles. The largest absolute Gasteiger partial charge is 0.317 e. The maximum atomic E-state index is 4.37. The summed E-state index contributed by atoms with van der Waals surface area (Å²) in [6, 6.07) is 0. The minimum Gasteiger partial charge on any atom is -0.317 e. The monoisotopic (exact) mass is 178 g/mol. The fourth-order valence-corrected chi connectivity index (χ4v) is 1.60. The molecule has 1 heterocycles. The Balaban J connectivity index is 2.58. The van der Waals surface area contributed by atoms with Gasteiger partial charge in [0.2, 0.25) is 0 Å². The number of allylic oxidation sites excluding steroid dienone is 2. The van der Waals surface area contributed by atoms with Crippen molar-refractivity contribution >= 4 is 5.71 Å². The van der Waals surface area contributed by atoms with E-state index in [1.165, 1.54) is 12.8 Å². The first kappa shape index (κ1) is 10.2. The molecule has 0 unspecified atom stereocenters. The van der Waals surface area contributed by atoms with Crippen molar-refractivity contribution in [3.63, 3.8) is 0 Å². The highest BCUT2D eigenvalue weighted by Gasteiger charge is 2.15. The number of aliphatic imine (C=N–C) groups is 1. The van der Waals surface area contributed by atoms with E-state index in [4.69, 9.17) is 0 Å². The second kappa shape index (κ2) is 5.70. The molecule has 0 radical (unpaired) electrons. The van der Waals surface area contributed by atoms with Gasteiger partial charge in [-0.25, -0.2) is 0 Å². The minimum absolute atomic E-state index is 0.606. The topological polar surface area (TPSA) is 24.4 Å². The quantitative estimate of drug-likeness (QED) is 0.658. The second-order valence-corrected chi connectivity index (χ2v) is 3.26. The summed E-state index contributed by atoms with van der Waals surface area (Å²) in [5.41, 5.74) is 1.14. The van der Waals surface area contributed by atoms with Crippen molar-refractivity contribution in [3.8, 4) is 0 Å². The molecule has 1 aliphatic heterocycles. The summed E-state index contributed by atoms with van der Waals surface area (Å²) in [5.74, 6) is 0.606. The molecular weight excluding hydrogens is 160 g/mol. The van der Waals surface area contributed by atoms with Gasteiger partial charge >= 0.3 is 0 Å². The standard InChI is InChI=1S/C11H18N2/c1-3-7-13-11(4-2)10-5-8-12-9-6-10/h3-4,7,10,12H,2,5-6,8-9H2,1H3/b7-3+,13-11?. The maximum Gasteiger partial charge on any atom is 0.0429 e. The van der Waals surface area contributed by atoms with Crippen LogP contribution in [0.5, 0.6) is 0 Å². The Morgan fingerprint density at radius 2 is 2.15 bits per heavy atom. The third kappa shape index (κ3) is 3.15. The van der Waals surface area contributed by atoms with Gasteiger partial charge in [-0.2, -0.15) is 0 Å². The van der Waals surface area contributed by atoms with E-state index >= 15 is 0 Å². The van der Waals surface area contributed by atoms with Crippen LogP contribution >= 0.6 is 0 Å². The zero-order valence-electron chi connectivity index (χ0n) is 8.29. The lowest BCUT2D eigenvalue weighted by Crippen LogP contribution is -2.31. The molecule has 2 heteroatoms. The summed E-state index contributed by atoms with van der Waals surface area (Å²) in [6.07, 6.45) is 8.05. The van der Waals surface area contributed by atoms with Crippen molar-refractivity contribution in [1.29, 1.82) is 0 Å². The highest BCUT2D eigenvalue weighted by atomic mass is 14.9. The fraction of sp³-hybridized carbons (Fsp3) is 0.545. The Hall–Kier alpha value is -0.890. The molecule has 1 rings (SSSR count). The smallest absolute Gasteiger partial charge is 0.0429 e. The lowest BCUT2D eigenvalue weighted by molar-refractivity contribution is 0.457. The first-order chi connectivity index (χ1) is 6.38. The number of hydrogen-bond acceptors (Lipinski definition) is 2. The summed E-state index contributed by atoms with van der Waals surface area (Å²) in [5, 5.41) is 3.34. The van der Waals surface area contributed by atoms with Gasteiger partial charge in [0.05, 0.1) is 0 Å². The Morgan fingerprint density at radius 1 is 1.46 bits per heavy atom. The Kier molecular flexibility index (Phi) is 4.47. The fourth-order valence-electron chi connectivity index (χ4n) is 1.60. The van der Waals surface area contributed by atoms with Crippen LogP contribution in [0.3, 0.4) is 0 Å². The number of rotatable bonds is 3. The Labute approximate surface area is 80.4 Å². The summed E-state index contributed by atoms with van der Waals surface area (Å²) in [7, 11) is 0. The van der Waals surface area contributed by atoms with Crippen molar-refractivity contribution in [1.82, 2.24) is 5.32 Å². The molecule has 1 aliphatic rings. The lowest BCUT2D eigenvalue weighted by atomic mass is 9.93. The third-order valence-corrected chi connectivity index (χ3v) is 2.34. The number of nitrogens with zero attached hydrogens (tertiary/aromatic N) is 1. The molecule has 0 atom stereocenters. The molecule has 1 N–H and O–H groups in total. The first-order valence-corrected chi connectivity index (χ1v) is 4.90. The first-order valence-electron chi connectivity index (χ1n) is 4.90. The average molecular weight is 178 g/mol. The van der Waals surface area contributed by atoms with Crippen LogP contribution in [0, 0.1) is 5.92 Å². The highest BCUT2D eigenvalue weighted by Crippen LogP contribution is 2.14. The van der Waals surface area contributed by atoms with E-state index in [0.29, 0.717) is 5.92 Å². The van der Waals surface area contributed by atoms with E-state index in [1.54, 1.807) is 0 Å². The molecule has 0 spiro atoms. The van der Waals surface area contributed by atoms with Gasteiger partial charge in [0.25, 0.3) is 0 Å². The van der Waals surface area contributed by atoms with E-state index in [0.717, 1.165) is 18.8 Å². The molecule has 0 aliphatic carbocycles. The summed E-state index contributed by atoms with van der Waals surface area (Å²) >= 11 is 0. The van der Waals surface area contributed by atoms with Crippen LogP contribution in [0.25, 0.3) is 0 Å². The number of piperidine rings is 1. The molecule has 0 bridgehead atoms. The Morgan fingerprint density at radius 3 is 2.69 bits per heavy atom. The molecule has 0 aromatic carbocycles. The molecule has 0 aromatic heterocycles. The van der Waals surface area contributed by atoms with Crippen LogP contribution in [0.4, 0.5) is 0 Å². The average Bonchev–Trinajstić information content (AvgIpc) is 2.21. The van der Waals surface area contributed by atoms with E-state index < -0.39 is 0 Å². The third-order valence-electron chi connectivity index (χ3n) is 2.34. The summed E-state index contributed by atoms with van der Waals surface area (Å²) in [6.45, 7) is 7.99. The van der Waals surface area contributed by atoms with Gasteiger partial charge in [-0.15, -0.1) is 0 Å². The van der Waals surface area contributed by atoms with Crippen LogP contribution in [0.1, 0.15) is 19.8 Å². The van der Waals surface area contributed by atoms with Crippen molar-refractivity contribution in [3.05, 3.63) is 24.9 Å². The van der Waals surface area contributed by atoms with E-state index in [1.807, 2.05) is 25.3 Å². The number of hydrogen-bond donors (Lipinski definition) is 1. The van der Waals surface area contributed by atoms with E-state index in [-0.39, 0.29) is 0 Å². The van der Waals surface area contributed by atoms with Crippen LogP contribution in [-0.4, -0.2) is 18.8 Å². The predicted octanol–water partition coefficient (Wildman–Crippen LogP) is 2.15. The second-order valence-electron chi connectivity index (χ2n) is 3.26. The summed E-state index contributed by atoms with van der Waals surface area (Å²) < 4.78 is 0. The molecule has 0 aromatic rings. The zero-order valence-corrected chi connectivity index (χ0v) is 8.29. The van der Waals surface area contributed by atoms with Crippen molar-refractivity contribution in [2.75, 3.05) is 13.1 Å². The molecule has 13 heavy (non-hydrogen) atoms. The molecule has 72 valence electrons. The zero-order chi connectivity index (χ0) is 9.52. The van der Waals surface area contributed by atoms with E-state index in [2.05, 4.69) is 16.9 Å². The van der Waals surface area contributed by atoms with Gasteiger partial charge in [-0.3, -0.25) is 4.99 Å². The SMILES string of the molecule is C=CC(=N/C=C/C)C1CCNCC1. The molecular formula is C11H18N2. The summed E-state index contributed by atoms with van der Waals surface area (Å²) in [4.78, 5) is 4.37. The highest BCUT2D eigenvalue weighted by molar-refractivity contribution is 5.96. The van der Waals surface area contributed by atoms with Gasteiger partial charge in [-0.05, 0) is 38.9 Å². The van der Waals surface area contributed by atoms with Crippen LogP contribution < -0.4 is 5.32 Å². The van der Waals surface area contributed by atoms with Crippen molar-refractivity contribution in [2.45, 2.75) is 19.8 Å². The molecule has 1 saturated heterocycles. The Bertz CT molecular complexity index is 210. The normalized spacial score (nSPS) is 20.8. The molecule has 1 fully saturated rings. The van der Waals surface area contributed by atoms with Crippen LogP contribution in [-0.2, 0) is 0 Å². The minimum atomic E-state index is 0.606. The van der Waals surface area contributed by atoms with Crippen molar-refractivity contribution in [2.24, 2.45) is 10.9 Å². The van der Waals surface area contributed by atoms with E-state index in [9.17, 15) is 0 Å². The van der Waals surface area contributed by atoms with Gasteiger partial charge in [0.1, 0.15) is 0 Å². The van der Waals surface area contributed by atoms with Gasteiger partial charge in [0, 0.05) is 17.8 Å². The van der Waals surface area contributed by atoms with Gasteiger partial charge < -0.3 is 5.32 Å². The van der Waals surface area contributed by atoms with Gasteiger partial charge in [-0.1, -0.05) is 12.7 Å². The molecule has 0 amide bonds. The molecule has 2 nitrogen and oxygen atoms in total. The van der Waals surface area contributed by atoms with Gasteiger partial charge in [0.15, 0.2) is 0 Å². The maximum absolute atomic E-state index is 4.37. The van der Waals surface area contributed by atoms with Crippen LogP contribution in [0.2, 0.25) is 0 Å².